The van der Waals surface area contributed by atoms with E-state index in [1.54, 1.807) is 30.0 Å². The highest BCUT2D eigenvalue weighted by molar-refractivity contribution is 7.98. The normalized spacial score (nSPS) is 11.9. The van der Waals surface area contributed by atoms with Crippen LogP contribution in [0, 0.1) is 0 Å². The third kappa shape index (κ3) is 5.86. The molecule has 30 heavy (non-hydrogen) atoms. The van der Waals surface area contributed by atoms with Gasteiger partial charge in [-0.05, 0) is 55.0 Å². The second-order valence-electron chi connectivity index (χ2n) is 6.96. The van der Waals surface area contributed by atoms with E-state index in [2.05, 4.69) is 22.4 Å². The van der Waals surface area contributed by atoms with E-state index in [1.165, 1.54) is 12.7 Å². The van der Waals surface area contributed by atoms with Gasteiger partial charge in [0.25, 0.3) is 5.91 Å². The van der Waals surface area contributed by atoms with Gasteiger partial charge in [0.05, 0.1) is 7.11 Å². The number of oxazole rings is 1. The van der Waals surface area contributed by atoms with Gasteiger partial charge in [-0.2, -0.15) is 11.8 Å². The molecule has 0 aliphatic rings. The average molecular weight is 427 g/mol. The number of nitrogens with one attached hydrogen (secondary N) is 1. The van der Waals surface area contributed by atoms with Crippen LogP contribution in [0.25, 0.3) is 11.1 Å². The van der Waals surface area contributed by atoms with Crippen LogP contribution in [-0.4, -0.2) is 42.0 Å². The largest absolute Gasteiger partial charge is 0.467 e. The number of fused-ring (bicyclic) bond motifs is 1. The van der Waals surface area contributed by atoms with Crippen LogP contribution in [0.2, 0.25) is 0 Å². The molecule has 3 aromatic rings. The Bertz CT molecular complexity index is 987. The number of aromatic nitrogens is 1. The van der Waals surface area contributed by atoms with E-state index in [9.17, 15) is 9.59 Å². The van der Waals surface area contributed by atoms with Crippen molar-refractivity contribution in [3.8, 4) is 0 Å². The molecule has 1 aromatic heterocycles. The van der Waals surface area contributed by atoms with Gasteiger partial charge in [0, 0.05) is 12.0 Å². The van der Waals surface area contributed by atoms with Gasteiger partial charge in [-0.25, -0.2) is 9.78 Å². The van der Waals surface area contributed by atoms with Crippen molar-refractivity contribution in [1.29, 1.82) is 0 Å². The molecule has 1 amide bonds. The minimum Gasteiger partial charge on any atom is -0.467 e. The monoisotopic (exact) mass is 426 g/mol. The van der Waals surface area contributed by atoms with Gasteiger partial charge in [-0.1, -0.05) is 30.3 Å². The number of aryl methyl sites for hydroxylation is 2. The van der Waals surface area contributed by atoms with Gasteiger partial charge in [0.15, 0.2) is 11.5 Å². The lowest BCUT2D eigenvalue weighted by molar-refractivity contribution is -0.142. The summed E-state index contributed by atoms with van der Waals surface area (Å²) < 4.78 is 10.6. The van der Waals surface area contributed by atoms with Gasteiger partial charge >= 0.3 is 5.97 Å². The lowest BCUT2D eigenvalue weighted by Gasteiger charge is -2.15. The Morgan fingerprint density at radius 3 is 2.70 bits per heavy atom. The van der Waals surface area contributed by atoms with Crippen molar-refractivity contribution in [1.82, 2.24) is 10.3 Å². The van der Waals surface area contributed by atoms with Gasteiger partial charge in [0.1, 0.15) is 11.6 Å². The van der Waals surface area contributed by atoms with Crippen molar-refractivity contribution in [3.63, 3.8) is 0 Å². The number of hydrogen-bond acceptors (Lipinski definition) is 6. The number of ether oxygens (including phenoxy) is 1. The fourth-order valence-electron chi connectivity index (χ4n) is 3.18. The third-order valence-electron chi connectivity index (χ3n) is 4.79. The number of carbonyl (C=O) groups excluding carboxylic acids is 2. The summed E-state index contributed by atoms with van der Waals surface area (Å²) in [6.07, 6.45) is 5.08. The Kier molecular flexibility index (Phi) is 7.90. The number of rotatable bonds is 10. The maximum atomic E-state index is 12.6. The summed E-state index contributed by atoms with van der Waals surface area (Å²) in [6, 6.07) is 14.7. The van der Waals surface area contributed by atoms with Crippen molar-refractivity contribution in [2.24, 2.45) is 0 Å². The molecule has 0 aliphatic heterocycles. The molecular formula is C23H26N2O4S. The standard InChI is InChI=1S/C23H26N2O4S/c1-28-23(27)18(13-14-30-2)25-22(26)17-11-12-20-19(15-17)24-21(29-20)10-6-9-16-7-4-3-5-8-16/h3-5,7-8,11-12,15,18H,6,9-10,13-14H2,1-2H3,(H,25,26). The molecule has 0 spiro atoms. The Balaban J connectivity index is 1.64. The number of nitrogens with zero attached hydrogens (tertiary/aromatic N) is 1. The molecule has 0 radical (unpaired) electrons. The van der Waals surface area contributed by atoms with Gasteiger partial charge in [-0.3, -0.25) is 4.79 Å². The summed E-state index contributed by atoms with van der Waals surface area (Å²) in [5.41, 5.74) is 3.00. The number of methoxy groups -OCH3 is 1. The number of benzene rings is 2. The van der Waals surface area contributed by atoms with E-state index < -0.39 is 12.0 Å². The lowest BCUT2D eigenvalue weighted by atomic mass is 10.1. The molecule has 0 bridgehead atoms. The number of amides is 1. The molecule has 2 aromatic carbocycles. The average Bonchev–Trinajstić information content (AvgIpc) is 3.18. The molecule has 0 aliphatic carbocycles. The predicted molar refractivity (Wildman–Crippen MR) is 119 cm³/mol. The van der Waals surface area contributed by atoms with Crippen LogP contribution in [-0.2, 0) is 22.4 Å². The number of carbonyl (C=O) groups is 2. The van der Waals surface area contributed by atoms with Crippen LogP contribution >= 0.6 is 11.8 Å². The SMILES string of the molecule is COC(=O)C(CCSC)NC(=O)c1ccc2oc(CCCc3ccccc3)nc2c1. The van der Waals surface area contributed by atoms with E-state index in [1.807, 2.05) is 24.5 Å². The predicted octanol–water partition coefficient (Wildman–Crippen LogP) is 4.03. The van der Waals surface area contributed by atoms with E-state index in [0.29, 0.717) is 29.0 Å². The van der Waals surface area contributed by atoms with Crippen molar-refractivity contribution in [2.45, 2.75) is 31.7 Å². The zero-order valence-corrected chi connectivity index (χ0v) is 18.0. The van der Waals surface area contributed by atoms with Gasteiger partial charge in [-0.15, -0.1) is 0 Å². The highest BCUT2D eigenvalue weighted by atomic mass is 32.2. The Morgan fingerprint density at radius 2 is 1.97 bits per heavy atom. The topological polar surface area (TPSA) is 81.4 Å². The molecule has 0 saturated heterocycles. The minimum absolute atomic E-state index is 0.331. The quantitative estimate of drug-likeness (QED) is 0.493. The van der Waals surface area contributed by atoms with Crippen LogP contribution in [0.15, 0.2) is 52.9 Å². The van der Waals surface area contributed by atoms with Crippen LogP contribution < -0.4 is 5.32 Å². The van der Waals surface area contributed by atoms with Crippen molar-refractivity contribution < 1.29 is 18.7 Å². The number of thioether (sulfide) groups is 1. The fraction of sp³-hybridized carbons (Fsp3) is 0.348. The zero-order chi connectivity index (χ0) is 21.3. The molecule has 0 saturated carbocycles. The molecule has 7 heteroatoms. The number of esters is 1. The third-order valence-corrected chi connectivity index (χ3v) is 5.44. The Hall–Kier alpha value is -2.80. The summed E-state index contributed by atoms with van der Waals surface area (Å²) in [5.74, 6) is 0.628. The highest BCUT2D eigenvalue weighted by Crippen LogP contribution is 2.19. The molecule has 1 N–H and O–H groups in total. The van der Waals surface area contributed by atoms with Crippen LogP contribution in [0.1, 0.15) is 34.7 Å². The second kappa shape index (κ2) is 10.8. The molecule has 1 atom stereocenters. The molecule has 1 heterocycles. The lowest BCUT2D eigenvalue weighted by Crippen LogP contribution is -2.41. The maximum Gasteiger partial charge on any atom is 0.328 e. The van der Waals surface area contributed by atoms with Crippen LogP contribution in [0.3, 0.4) is 0 Å². The maximum absolute atomic E-state index is 12.6. The molecule has 0 fully saturated rings. The summed E-state index contributed by atoms with van der Waals surface area (Å²) in [5, 5.41) is 2.76. The van der Waals surface area contributed by atoms with Crippen molar-refractivity contribution in [2.75, 3.05) is 19.1 Å². The van der Waals surface area contributed by atoms with E-state index in [-0.39, 0.29) is 5.91 Å². The molecule has 3 rings (SSSR count). The Labute approximate surface area is 180 Å². The molecule has 6 nitrogen and oxygen atoms in total. The van der Waals surface area contributed by atoms with Gasteiger partial charge in [0.2, 0.25) is 0 Å². The van der Waals surface area contributed by atoms with E-state index >= 15 is 0 Å². The van der Waals surface area contributed by atoms with Gasteiger partial charge < -0.3 is 14.5 Å². The summed E-state index contributed by atoms with van der Waals surface area (Å²) in [4.78, 5) is 29.1. The molecule has 1 unspecified atom stereocenters. The van der Waals surface area contributed by atoms with Crippen molar-refractivity contribution in [3.05, 3.63) is 65.5 Å². The van der Waals surface area contributed by atoms with Crippen LogP contribution in [0.5, 0.6) is 0 Å². The highest BCUT2D eigenvalue weighted by Gasteiger charge is 2.22. The molecular weight excluding hydrogens is 400 g/mol. The zero-order valence-electron chi connectivity index (χ0n) is 17.2. The summed E-state index contributed by atoms with van der Waals surface area (Å²) in [6.45, 7) is 0. The van der Waals surface area contributed by atoms with Crippen LogP contribution in [0.4, 0.5) is 0 Å². The smallest absolute Gasteiger partial charge is 0.328 e. The van der Waals surface area contributed by atoms with Crippen molar-refractivity contribution >= 4 is 34.7 Å². The Morgan fingerprint density at radius 1 is 1.17 bits per heavy atom. The first kappa shape index (κ1) is 21.9. The van der Waals surface area contributed by atoms with E-state index in [0.717, 1.165) is 25.0 Å². The van der Waals surface area contributed by atoms with E-state index in [4.69, 9.17) is 9.15 Å². The summed E-state index contributed by atoms with van der Waals surface area (Å²) in [7, 11) is 1.32. The molecule has 158 valence electrons. The minimum atomic E-state index is -0.670. The second-order valence-corrected chi connectivity index (χ2v) is 7.95. The first-order valence-electron chi connectivity index (χ1n) is 9.91. The summed E-state index contributed by atoms with van der Waals surface area (Å²) >= 11 is 1.61. The number of hydrogen-bond donors (Lipinski definition) is 1. The first-order chi connectivity index (χ1) is 14.6. The first-order valence-corrected chi connectivity index (χ1v) is 11.3. The fourth-order valence-corrected chi connectivity index (χ4v) is 3.65.